The molecule has 2 heterocycles. The summed E-state index contributed by atoms with van der Waals surface area (Å²) in [6.45, 7) is 6.28. The molecule has 0 spiro atoms. The first-order valence-electron chi connectivity index (χ1n) is 5.61. The average molecular weight is 227 g/mol. The summed E-state index contributed by atoms with van der Waals surface area (Å²) in [7, 11) is 2.15. The van der Waals surface area contributed by atoms with Crippen LogP contribution in [0.3, 0.4) is 0 Å². The first kappa shape index (κ1) is 12.6. The Hall–Kier alpha value is -0.450. The molecular formula is C11H21N3S. The van der Waals surface area contributed by atoms with Crippen LogP contribution in [0.25, 0.3) is 0 Å². The van der Waals surface area contributed by atoms with Crippen molar-refractivity contribution in [2.24, 2.45) is 11.7 Å². The Morgan fingerprint density at radius 2 is 2.33 bits per heavy atom. The summed E-state index contributed by atoms with van der Waals surface area (Å²) in [5, 5.41) is 3.08. The van der Waals surface area contributed by atoms with Gasteiger partial charge in [-0.2, -0.15) is 0 Å². The van der Waals surface area contributed by atoms with Gasteiger partial charge in [-0.15, -0.1) is 11.3 Å². The van der Waals surface area contributed by atoms with E-state index in [1.54, 1.807) is 11.3 Å². The summed E-state index contributed by atoms with van der Waals surface area (Å²) in [5.41, 5.74) is 6.13. The fraction of sp³-hybridized carbons (Fsp3) is 0.727. The highest BCUT2D eigenvalue weighted by molar-refractivity contribution is 7.09. The summed E-state index contributed by atoms with van der Waals surface area (Å²) in [6, 6.07) is 0.143. The molecule has 0 bridgehead atoms. The molecule has 0 amide bonds. The molecule has 1 saturated heterocycles. The number of hydrogen-bond donors (Lipinski definition) is 1. The second kappa shape index (κ2) is 6.20. The Bertz CT molecular complexity index is 261. The van der Waals surface area contributed by atoms with E-state index in [-0.39, 0.29) is 6.04 Å². The predicted molar refractivity (Wildman–Crippen MR) is 66.0 cm³/mol. The van der Waals surface area contributed by atoms with Gasteiger partial charge in [0.2, 0.25) is 0 Å². The minimum atomic E-state index is 0.143. The topological polar surface area (TPSA) is 42.1 Å². The number of rotatable bonds is 2. The van der Waals surface area contributed by atoms with Crippen molar-refractivity contribution >= 4 is 11.3 Å². The highest BCUT2D eigenvalue weighted by Crippen LogP contribution is 2.28. The molecule has 4 heteroatoms. The molecule has 1 fully saturated rings. The molecule has 15 heavy (non-hydrogen) atoms. The molecule has 2 N–H and O–H groups in total. The summed E-state index contributed by atoms with van der Waals surface area (Å²) in [6.07, 6.45) is 3.04. The van der Waals surface area contributed by atoms with E-state index < -0.39 is 0 Å². The zero-order chi connectivity index (χ0) is 11.3. The van der Waals surface area contributed by atoms with E-state index in [4.69, 9.17) is 5.73 Å². The van der Waals surface area contributed by atoms with Crippen LogP contribution in [0.4, 0.5) is 0 Å². The Labute approximate surface area is 96.3 Å². The molecule has 86 valence electrons. The van der Waals surface area contributed by atoms with Crippen molar-refractivity contribution in [2.45, 2.75) is 26.3 Å². The monoisotopic (exact) mass is 227 g/mol. The van der Waals surface area contributed by atoms with Gasteiger partial charge >= 0.3 is 0 Å². The molecule has 1 aliphatic rings. The van der Waals surface area contributed by atoms with Gasteiger partial charge in [-0.25, -0.2) is 4.98 Å². The van der Waals surface area contributed by atoms with Crippen molar-refractivity contribution in [3.8, 4) is 0 Å². The van der Waals surface area contributed by atoms with E-state index in [1.165, 1.54) is 13.0 Å². The van der Waals surface area contributed by atoms with Crippen LogP contribution in [0.1, 0.15) is 31.3 Å². The molecule has 1 aliphatic heterocycles. The van der Waals surface area contributed by atoms with Crippen molar-refractivity contribution < 1.29 is 0 Å². The summed E-state index contributed by atoms with van der Waals surface area (Å²) in [4.78, 5) is 6.59. The highest BCUT2D eigenvalue weighted by Gasteiger charge is 2.27. The Balaban J connectivity index is 0.000000531. The van der Waals surface area contributed by atoms with E-state index in [1.807, 2.05) is 25.4 Å². The number of nitrogens with zero attached hydrogens (tertiary/aromatic N) is 2. The van der Waals surface area contributed by atoms with Crippen molar-refractivity contribution in [3.63, 3.8) is 0 Å². The number of likely N-dealkylation sites (tertiary alicyclic amines) is 1. The maximum atomic E-state index is 6.13. The number of nitrogens with two attached hydrogens (primary N) is 1. The highest BCUT2D eigenvalue weighted by atomic mass is 32.1. The van der Waals surface area contributed by atoms with E-state index in [2.05, 4.69) is 16.9 Å². The van der Waals surface area contributed by atoms with E-state index in [9.17, 15) is 0 Å². The number of aromatic nitrogens is 1. The van der Waals surface area contributed by atoms with Gasteiger partial charge in [-0.3, -0.25) is 0 Å². The molecule has 0 radical (unpaired) electrons. The molecule has 2 atom stereocenters. The zero-order valence-electron chi connectivity index (χ0n) is 9.81. The molecule has 0 saturated carbocycles. The van der Waals surface area contributed by atoms with Gasteiger partial charge in [0.1, 0.15) is 5.01 Å². The Kier molecular flexibility index (Phi) is 5.22. The fourth-order valence-electron chi connectivity index (χ4n) is 1.86. The Morgan fingerprint density at radius 3 is 2.80 bits per heavy atom. The first-order valence-corrected chi connectivity index (χ1v) is 6.49. The van der Waals surface area contributed by atoms with Crippen molar-refractivity contribution in [1.29, 1.82) is 0 Å². The molecular weight excluding hydrogens is 206 g/mol. The molecule has 0 aliphatic carbocycles. The largest absolute Gasteiger partial charge is 0.322 e. The summed E-state index contributed by atoms with van der Waals surface area (Å²) >= 11 is 1.66. The smallest absolute Gasteiger partial charge is 0.110 e. The third kappa shape index (κ3) is 3.26. The minimum Gasteiger partial charge on any atom is -0.322 e. The third-order valence-electron chi connectivity index (χ3n) is 2.67. The van der Waals surface area contributed by atoms with Crippen LogP contribution >= 0.6 is 11.3 Å². The molecule has 0 aromatic carbocycles. The zero-order valence-corrected chi connectivity index (χ0v) is 10.6. The average Bonchev–Trinajstić information content (AvgIpc) is 2.90. The lowest BCUT2D eigenvalue weighted by Crippen LogP contribution is -2.24. The number of thiazole rings is 1. The van der Waals surface area contributed by atoms with Gasteiger partial charge in [0, 0.05) is 18.1 Å². The van der Waals surface area contributed by atoms with E-state index >= 15 is 0 Å². The molecule has 1 aromatic heterocycles. The molecule has 2 rings (SSSR count). The van der Waals surface area contributed by atoms with Crippen LogP contribution in [-0.4, -0.2) is 30.0 Å². The van der Waals surface area contributed by atoms with Crippen molar-refractivity contribution in [1.82, 2.24) is 9.88 Å². The molecule has 1 aromatic rings. The second-order valence-electron chi connectivity index (χ2n) is 3.71. The lowest BCUT2D eigenvalue weighted by Gasteiger charge is -2.16. The van der Waals surface area contributed by atoms with Crippen LogP contribution in [0, 0.1) is 5.92 Å². The van der Waals surface area contributed by atoms with Crippen molar-refractivity contribution in [2.75, 3.05) is 20.1 Å². The van der Waals surface area contributed by atoms with Gasteiger partial charge in [0.15, 0.2) is 0 Å². The van der Waals surface area contributed by atoms with Crippen LogP contribution in [0.15, 0.2) is 11.6 Å². The Morgan fingerprint density at radius 1 is 1.60 bits per heavy atom. The maximum Gasteiger partial charge on any atom is 0.110 e. The lowest BCUT2D eigenvalue weighted by molar-refractivity contribution is 0.372. The van der Waals surface area contributed by atoms with E-state index in [0.29, 0.717) is 5.92 Å². The van der Waals surface area contributed by atoms with Crippen LogP contribution in [0.5, 0.6) is 0 Å². The predicted octanol–water partition coefficient (Wildman–Crippen LogP) is 2.12. The summed E-state index contributed by atoms with van der Waals surface area (Å²) in [5.74, 6) is 0.594. The van der Waals surface area contributed by atoms with Crippen LogP contribution < -0.4 is 5.73 Å². The normalized spacial score (nSPS) is 23.3. The van der Waals surface area contributed by atoms with Gasteiger partial charge in [-0.1, -0.05) is 13.8 Å². The SMILES string of the molecule is CC.CN1CCC(C(N)c2nccs2)C1. The van der Waals surface area contributed by atoms with Crippen molar-refractivity contribution in [3.05, 3.63) is 16.6 Å². The van der Waals surface area contributed by atoms with Gasteiger partial charge in [-0.05, 0) is 25.9 Å². The summed E-state index contributed by atoms with van der Waals surface area (Å²) < 4.78 is 0. The van der Waals surface area contributed by atoms with Gasteiger partial charge in [0.25, 0.3) is 0 Å². The fourth-order valence-corrected chi connectivity index (χ4v) is 2.60. The molecule has 2 unspecified atom stereocenters. The minimum absolute atomic E-state index is 0.143. The maximum absolute atomic E-state index is 6.13. The molecule has 3 nitrogen and oxygen atoms in total. The first-order chi connectivity index (χ1) is 7.27. The standard InChI is InChI=1S/C9H15N3S.C2H6/c1-12-4-2-7(6-12)8(10)9-11-3-5-13-9;1-2/h3,5,7-8H,2,4,6,10H2,1H3;1-2H3. The van der Waals surface area contributed by atoms with Crippen LogP contribution in [0.2, 0.25) is 0 Å². The van der Waals surface area contributed by atoms with E-state index in [0.717, 1.165) is 11.6 Å². The quantitative estimate of drug-likeness (QED) is 0.841. The second-order valence-corrected chi connectivity index (χ2v) is 4.63. The third-order valence-corrected chi connectivity index (χ3v) is 3.55. The van der Waals surface area contributed by atoms with Crippen LogP contribution in [-0.2, 0) is 0 Å². The lowest BCUT2D eigenvalue weighted by atomic mass is 10.0. The number of hydrogen-bond acceptors (Lipinski definition) is 4. The van der Waals surface area contributed by atoms with Gasteiger partial charge in [0.05, 0.1) is 6.04 Å². The van der Waals surface area contributed by atoms with Gasteiger partial charge < -0.3 is 10.6 Å².